The number of fused-ring (bicyclic) bond motifs is 1. The van der Waals surface area contributed by atoms with Gasteiger partial charge in [-0.3, -0.25) is 14.2 Å². The number of likely N-dealkylation sites (N-methyl/N-ethyl adjacent to an activating group) is 1. The average molecular weight is 400 g/mol. The zero-order valence-corrected chi connectivity index (χ0v) is 17.5. The molecule has 1 amide bonds. The van der Waals surface area contributed by atoms with Crippen molar-refractivity contribution in [3.05, 3.63) is 61.6 Å². The highest BCUT2D eigenvalue weighted by atomic mass is 32.1. The summed E-state index contributed by atoms with van der Waals surface area (Å²) in [7, 11) is 1.74. The number of carbonyl (C=O) groups excluding carboxylic acids is 1. The standard InChI is InChI=1S/C21H25N3O3S/c1-5-6-8-22(4)18(25)13-23-17-7-9-28-19(17)20(26)24(21(23)27)16-11-14(2)10-15(3)12-16/h7,9-12H,5-6,8,13H2,1-4H3. The van der Waals surface area contributed by atoms with Gasteiger partial charge >= 0.3 is 5.69 Å². The lowest BCUT2D eigenvalue weighted by Gasteiger charge is -2.18. The first-order valence-corrected chi connectivity index (χ1v) is 10.3. The zero-order chi connectivity index (χ0) is 20.4. The molecule has 3 rings (SSSR count). The molecule has 148 valence electrons. The van der Waals surface area contributed by atoms with Crippen LogP contribution in [0, 0.1) is 13.8 Å². The van der Waals surface area contributed by atoms with Crippen LogP contribution in [0.2, 0.25) is 0 Å². The molecule has 0 unspecified atom stereocenters. The van der Waals surface area contributed by atoms with E-state index < -0.39 is 5.69 Å². The molecule has 0 radical (unpaired) electrons. The fraction of sp³-hybridized carbons (Fsp3) is 0.381. The van der Waals surface area contributed by atoms with E-state index in [-0.39, 0.29) is 18.0 Å². The quantitative estimate of drug-likeness (QED) is 0.640. The Hall–Kier alpha value is -2.67. The van der Waals surface area contributed by atoms with Crippen LogP contribution in [0.3, 0.4) is 0 Å². The Bertz CT molecular complexity index is 1120. The molecule has 0 N–H and O–H groups in total. The summed E-state index contributed by atoms with van der Waals surface area (Å²) in [5.41, 5.74) is 2.14. The zero-order valence-electron chi connectivity index (χ0n) is 16.7. The van der Waals surface area contributed by atoms with Crippen molar-refractivity contribution in [1.82, 2.24) is 14.0 Å². The second-order valence-electron chi connectivity index (χ2n) is 7.16. The molecular formula is C21H25N3O3S. The average Bonchev–Trinajstić information content (AvgIpc) is 3.12. The fourth-order valence-corrected chi connectivity index (χ4v) is 4.15. The number of nitrogens with zero attached hydrogens (tertiary/aromatic N) is 3. The van der Waals surface area contributed by atoms with E-state index in [0.717, 1.165) is 24.0 Å². The number of unbranched alkanes of at least 4 members (excludes halogenated alkanes) is 1. The first-order valence-electron chi connectivity index (χ1n) is 9.39. The van der Waals surface area contributed by atoms with Gasteiger partial charge in [-0.2, -0.15) is 0 Å². The van der Waals surface area contributed by atoms with Crippen molar-refractivity contribution in [2.45, 2.75) is 40.2 Å². The highest BCUT2D eigenvalue weighted by Gasteiger charge is 2.19. The van der Waals surface area contributed by atoms with Crippen LogP contribution in [-0.2, 0) is 11.3 Å². The summed E-state index contributed by atoms with van der Waals surface area (Å²) in [6.45, 7) is 6.48. The molecule has 0 aliphatic heterocycles. The van der Waals surface area contributed by atoms with Crippen molar-refractivity contribution < 1.29 is 4.79 Å². The summed E-state index contributed by atoms with van der Waals surface area (Å²) >= 11 is 1.29. The van der Waals surface area contributed by atoms with Gasteiger partial charge in [-0.25, -0.2) is 9.36 Å². The Kier molecular flexibility index (Phi) is 5.84. The molecule has 28 heavy (non-hydrogen) atoms. The van der Waals surface area contributed by atoms with Crippen molar-refractivity contribution in [2.75, 3.05) is 13.6 Å². The van der Waals surface area contributed by atoms with Crippen molar-refractivity contribution in [3.8, 4) is 5.69 Å². The summed E-state index contributed by atoms with van der Waals surface area (Å²) in [5, 5.41) is 1.78. The molecule has 3 aromatic rings. The lowest BCUT2D eigenvalue weighted by molar-refractivity contribution is -0.130. The molecular weight excluding hydrogens is 374 g/mol. The van der Waals surface area contributed by atoms with Gasteiger partial charge in [0.05, 0.1) is 11.2 Å². The van der Waals surface area contributed by atoms with E-state index >= 15 is 0 Å². The van der Waals surface area contributed by atoms with E-state index in [2.05, 4.69) is 6.92 Å². The minimum Gasteiger partial charge on any atom is -0.344 e. The van der Waals surface area contributed by atoms with Gasteiger partial charge in [-0.1, -0.05) is 19.4 Å². The monoisotopic (exact) mass is 399 g/mol. The third kappa shape index (κ3) is 3.80. The normalized spacial score (nSPS) is 11.1. The smallest absolute Gasteiger partial charge is 0.336 e. The molecule has 0 spiro atoms. The number of rotatable bonds is 6. The van der Waals surface area contributed by atoms with Gasteiger partial charge in [-0.05, 0) is 55.0 Å². The van der Waals surface area contributed by atoms with Gasteiger partial charge in [0.15, 0.2) is 0 Å². The van der Waals surface area contributed by atoms with Crippen LogP contribution in [0.4, 0.5) is 0 Å². The van der Waals surface area contributed by atoms with Crippen LogP contribution in [0.15, 0.2) is 39.2 Å². The molecule has 2 aromatic heterocycles. The summed E-state index contributed by atoms with van der Waals surface area (Å²) in [4.78, 5) is 40.6. The topological polar surface area (TPSA) is 64.3 Å². The number of hydrogen-bond donors (Lipinski definition) is 0. The Balaban J connectivity index is 2.16. The Morgan fingerprint density at radius 3 is 2.46 bits per heavy atom. The molecule has 0 atom stereocenters. The molecule has 7 heteroatoms. The van der Waals surface area contributed by atoms with E-state index in [9.17, 15) is 14.4 Å². The van der Waals surface area contributed by atoms with Gasteiger partial charge in [0.25, 0.3) is 5.56 Å². The predicted octanol–water partition coefficient (Wildman–Crippen LogP) is 3.09. The van der Waals surface area contributed by atoms with Crippen molar-refractivity contribution in [2.24, 2.45) is 0 Å². The predicted molar refractivity (Wildman–Crippen MR) is 114 cm³/mol. The second-order valence-corrected chi connectivity index (χ2v) is 8.08. The molecule has 0 aliphatic rings. The highest BCUT2D eigenvalue weighted by Crippen LogP contribution is 2.17. The Labute approximate surface area is 167 Å². The second kappa shape index (κ2) is 8.14. The van der Waals surface area contributed by atoms with Gasteiger partial charge in [0.1, 0.15) is 11.2 Å². The molecule has 0 aliphatic carbocycles. The van der Waals surface area contributed by atoms with Crippen LogP contribution in [-0.4, -0.2) is 33.5 Å². The first kappa shape index (κ1) is 20.1. The molecule has 2 heterocycles. The van der Waals surface area contributed by atoms with Crippen LogP contribution in [0.1, 0.15) is 30.9 Å². The van der Waals surface area contributed by atoms with E-state index in [1.807, 2.05) is 32.0 Å². The number of carbonyl (C=O) groups is 1. The van der Waals surface area contributed by atoms with Crippen molar-refractivity contribution >= 4 is 27.5 Å². The van der Waals surface area contributed by atoms with Crippen LogP contribution in [0.25, 0.3) is 15.9 Å². The maximum atomic E-state index is 13.3. The first-order chi connectivity index (χ1) is 13.3. The minimum atomic E-state index is -0.488. The van der Waals surface area contributed by atoms with Crippen LogP contribution < -0.4 is 11.2 Å². The molecule has 0 saturated heterocycles. The van der Waals surface area contributed by atoms with Crippen LogP contribution in [0.5, 0.6) is 0 Å². The minimum absolute atomic E-state index is 0.0860. The highest BCUT2D eigenvalue weighted by molar-refractivity contribution is 7.17. The molecule has 6 nitrogen and oxygen atoms in total. The largest absolute Gasteiger partial charge is 0.344 e. The molecule has 0 bridgehead atoms. The summed E-state index contributed by atoms with van der Waals surface area (Å²) in [6.07, 6.45) is 1.90. The summed E-state index contributed by atoms with van der Waals surface area (Å²) < 4.78 is 3.07. The fourth-order valence-electron chi connectivity index (χ4n) is 3.32. The van der Waals surface area contributed by atoms with Crippen molar-refractivity contribution in [1.29, 1.82) is 0 Å². The summed E-state index contributed by atoms with van der Waals surface area (Å²) in [6, 6.07) is 7.35. The van der Waals surface area contributed by atoms with Gasteiger partial charge < -0.3 is 4.90 Å². The SMILES string of the molecule is CCCCN(C)C(=O)Cn1c(=O)n(-c2cc(C)cc(C)c2)c(=O)c2sccc21. The number of benzene rings is 1. The van der Waals surface area contributed by atoms with Crippen LogP contribution >= 0.6 is 11.3 Å². The van der Waals surface area contributed by atoms with Gasteiger partial charge in [0, 0.05) is 13.6 Å². The molecule has 0 fully saturated rings. The lowest BCUT2D eigenvalue weighted by atomic mass is 10.1. The summed E-state index contributed by atoms with van der Waals surface area (Å²) in [5.74, 6) is -0.145. The Morgan fingerprint density at radius 1 is 1.14 bits per heavy atom. The van der Waals surface area contributed by atoms with E-state index in [4.69, 9.17) is 0 Å². The maximum absolute atomic E-state index is 13.3. The van der Waals surface area contributed by atoms with E-state index in [1.54, 1.807) is 23.4 Å². The third-order valence-electron chi connectivity index (χ3n) is 4.79. The lowest BCUT2D eigenvalue weighted by Crippen LogP contribution is -2.42. The molecule has 0 saturated carbocycles. The van der Waals surface area contributed by atoms with Gasteiger partial charge in [0.2, 0.25) is 5.91 Å². The number of thiophene rings is 1. The van der Waals surface area contributed by atoms with E-state index in [0.29, 0.717) is 22.4 Å². The van der Waals surface area contributed by atoms with E-state index in [1.165, 1.54) is 20.5 Å². The number of amides is 1. The third-order valence-corrected chi connectivity index (χ3v) is 5.68. The molecule has 1 aromatic carbocycles. The number of aryl methyl sites for hydroxylation is 2. The van der Waals surface area contributed by atoms with Gasteiger partial charge in [-0.15, -0.1) is 11.3 Å². The maximum Gasteiger partial charge on any atom is 0.336 e. The van der Waals surface area contributed by atoms with Crippen molar-refractivity contribution in [3.63, 3.8) is 0 Å². The number of aromatic nitrogens is 2. The number of hydrogen-bond acceptors (Lipinski definition) is 4. The Morgan fingerprint density at radius 2 is 1.82 bits per heavy atom.